The number of pyridine rings is 2. The minimum atomic E-state index is -1.20. The summed E-state index contributed by atoms with van der Waals surface area (Å²) in [6, 6.07) is 11.4. The topological polar surface area (TPSA) is 183 Å². The molecule has 0 saturated carbocycles. The summed E-state index contributed by atoms with van der Waals surface area (Å²) in [5, 5.41) is 26.7. The van der Waals surface area contributed by atoms with Gasteiger partial charge < -0.3 is 39.8 Å². The van der Waals surface area contributed by atoms with Crippen LogP contribution in [0.4, 0.5) is 37.7 Å². The monoisotopic (exact) mass is 1010 g/mol. The third-order valence-corrected chi connectivity index (χ3v) is 13.4. The highest BCUT2D eigenvalue weighted by molar-refractivity contribution is 6.32. The standard InChI is InChI=1S/2C24H17ClF3N3O4/c2*25-16-2-1-3-19-13(16)5-4-12-9-31(19)24(35)20-22(33)21(32)15(10-30(12)20)23(34)29-8-14-17(27)6-11(26)7-18(14)28/h2*1-3,6-7,10,12,33H,4-5,8-9H2,(H,29,34). The van der Waals surface area contributed by atoms with E-state index in [9.17, 15) is 65.3 Å². The number of hydrogen-bond donors (Lipinski definition) is 4. The summed E-state index contributed by atoms with van der Waals surface area (Å²) in [5.74, 6) is -12.1. The first-order valence-corrected chi connectivity index (χ1v) is 22.1. The molecule has 4 aliphatic rings. The smallest absolute Gasteiger partial charge is 0.279 e. The Kier molecular flexibility index (Phi) is 12.5. The molecule has 0 radical (unpaired) electrons. The zero-order chi connectivity index (χ0) is 50.0. The molecular weight excluding hydrogens is 973 g/mol. The predicted octanol–water partition coefficient (Wildman–Crippen LogP) is 7.40. The van der Waals surface area contributed by atoms with E-state index >= 15 is 0 Å². The van der Waals surface area contributed by atoms with E-state index in [2.05, 4.69) is 10.6 Å². The summed E-state index contributed by atoms with van der Waals surface area (Å²) in [5.41, 5.74) is -2.20. The summed E-state index contributed by atoms with van der Waals surface area (Å²) >= 11 is 12.7. The van der Waals surface area contributed by atoms with Crippen molar-refractivity contribution in [2.45, 2.75) is 50.9 Å². The maximum Gasteiger partial charge on any atom is 0.279 e. The van der Waals surface area contributed by atoms with E-state index < -0.39 is 116 Å². The molecule has 0 fully saturated rings. The molecule has 0 aliphatic carbocycles. The molecule has 70 heavy (non-hydrogen) atoms. The molecule has 2 atom stereocenters. The number of fused-ring (bicyclic) bond motifs is 12. The Morgan fingerprint density at radius 3 is 1.30 bits per heavy atom. The number of anilines is 2. The number of aromatic hydroxyl groups is 2. The van der Waals surface area contributed by atoms with Crippen molar-refractivity contribution in [3.05, 3.63) is 183 Å². The molecule has 4 amide bonds. The normalized spacial score (nSPS) is 16.4. The Hall–Kier alpha value is -7.58. The second kappa shape index (κ2) is 18.4. The Labute approximate surface area is 400 Å². The SMILES string of the molecule is O=C(NCc1c(F)cc(F)cc1F)c1cn2c(c(O)c1=O)C(=O)N1CC2CCc2c(Cl)cccc21.O=C(NCc1c(F)cc(F)cc1F)c1cn2c(c(O)c1=O)C(=O)N1CC2CCc2c(Cl)cccc21. The lowest BCUT2D eigenvalue weighted by molar-refractivity contribution is 0.0929. The van der Waals surface area contributed by atoms with Crippen molar-refractivity contribution >= 4 is 58.2 Å². The van der Waals surface area contributed by atoms with Crippen molar-refractivity contribution in [2.75, 3.05) is 22.9 Å². The van der Waals surface area contributed by atoms with E-state index in [1.807, 2.05) is 0 Å². The van der Waals surface area contributed by atoms with Crippen LogP contribution < -0.4 is 31.3 Å². The van der Waals surface area contributed by atoms with Crippen molar-refractivity contribution in [1.29, 1.82) is 0 Å². The fourth-order valence-corrected chi connectivity index (χ4v) is 9.71. The first-order chi connectivity index (χ1) is 33.3. The summed E-state index contributed by atoms with van der Waals surface area (Å²) in [7, 11) is 0. The summed E-state index contributed by atoms with van der Waals surface area (Å²) < 4.78 is 84.7. The largest absolute Gasteiger partial charge is 0.503 e. The summed E-state index contributed by atoms with van der Waals surface area (Å²) in [6.45, 7) is -0.867. The van der Waals surface area contributed by atoms with E-state index in [1.165, 1.54) is 31.3 Å². The Bertz CT molecular complexity index is 3120. The first-order valence-electron chi connectivity index (χ1n) is 21.3. The van der Waals surface area contributed by atoms with Crippen LogP contribution in [-0.2, 0) is 25.9 Å². The van der Waals surface area contributed by atoms with Gasteiger partial charge in [0.05, 0.1) is 12.1 Å². The third kappa shape index (κ3) is 8.29. The molecule has 10 rings (SSSR count). The number of halogens is 8. The number of hydrogen-bond acceptors (Lipinski definition) is 8. The van der Waals surface area contributed by atoms with Crippen LogP contribution in [-0.4, -0.2) is 56.1 Å². The number of carbonyl (C=O) groups excluding carboxylic acids is 4. The van der Waals surface area contributed by atoms with Crippen molar-refractivity contribution in [1.82, 2.24) is 19.8 Å². The molecule has 4 N–H and O–H groups in total. The highest BCUT2D eigenvalue weighted by Gasteiger charge is 2.41. The molecule has 2 aromatic heterocycles. The third-order valence-electron chi connectivity index (χ3n) is 12.7. The lowest BCUT2D eigenvalue weighted by Gasteiger charge is -2.35. The Morgan fingerprint density at radius 1 is 0.586 bits per heavy atom. The highest BCUT2D eigenvalue weighted by Crippen LogP contribution is 2.41. The molecule has 0 spiro atoms. The molecular formula is C48H34Cl2F6N6O8. The van der Waals surface area contributed by atoms with Gasteiger partial charge in [0.25, 0.3) is 23.6 Å². The van der Waals surface area contributed by atoms with Crippen LogP contribution >= 0.6 is 23.2 Å². The van der Waals surface area contributed by atoms with E-state index in [0.717, 1.165) is 11.1 Å². The lowest BCUT2D eigenvalue weighted by atomic mass is 10.0. The average molecular weight is 1010 g/mol. The van der Waals surface area contributed by atoms with Crippen LogP contribution in [0.1, 0.15) is 88.9 Å². The van der Waals surface area contributed by atoms with Crippen molar-refractivity contribution in [2.24, 2.45) is 0 Å². The van der Waals surface area contributed by atoms with Crippen LogP contribution in [0.15, 0.2) is 82.6 Å². The van der Waals surface area contributed by atoms with Gasteiger partial charge in [0.2, 0.25) is 10.9 Å². The highest BCUT2D eigenvalue weighted by atomic mass is 35.5. The minimum absolute atomic E-state index is 0.231. The van der Waals surface area contributed by atoms with E-state index in [0.29, 0.717) is 71.4 Å². The van der Waals surface area contributed by atoms with Crippen molar-refractivity contribution in [3.8, 4) is 11.5 Å². The molecule has 2 unspecified atom stereocenters. The quantitative estimate of drug-likeness (QED) is 0.125. The van der Waals surface area contributed by atoms with Crippen LogP contribution in [0.3, 0.4) is 0 Å². The van der Waals surface area contributed by atoms with Gasteiger partial charge in [0.15, 0.2) is 22.9 Å². The fourth-order valence-electron chi connectivity index (χ4n) is 9.18. The number of amides is 4. The van der Waals surface area contributed by atoms with Gasteiger partial charge in [-0.2, -0.15) is 0 Å². The van der Waals surface area contributed by atoms with E-state index in [4.69, 9.17) is 23.2 Å². The van der Waals surface area contributed by atoms with Crippen LogP contribution in [0.2, 0.25) is 10.0 Å². The van der Waals surface area contributed by atoms with Gasteiger partial charge in [-0.1, -0.05) is 35.3 Å². The van der Waals surface area contributed by atoms with Gasteiger partial charge in [-0.05, 0) is 61.1 Å². The fraction of sp³-hybridized carbons (Fsp3) is 0.208. The Morgan fingerprint density at radius 2 is 0.943 bits per heavy atom. The molecule has 0 saturated heterocycles. The maximum absolute atomic E-state index is 13.9. The number of rotatable bonds is 6. The van der Waals surface area contributed by atoms with Gasteiger partial charge in [0, 0.05) is 95.4 Å². The zero-order valence-corrected chi connectivity index (χ0v) is 37.4. The predicted molar refractivity (Wildman–Crippen MR) is 241 cm³/mol. The van der Waals surface area contributed by atoms with Gasteiger partial charge >= 0.3 is 0 Å². The molecule has 4 aliphatic heterocycles. The summed E-state index contributed by atoms with van der Waals surface area (Å²) in [4.78, 5) is 80.6. The number of carbonyl (C=O) groups is 4. The van der Waals surface area contributed by atoms with Gasteiger partial charge in [-0.15, -0.1) is 0 Å². The molecule has 14 nitrogen and oxygen atoms in total. The van der Waals surface area contributed by atoms with E-state index in [-0.39, 0.29) is 36.6 Å². The Balaban J connectivity index is 0.000000174. The van der Waals surface area contributed by atoms with Crippen LogP contribution in [0.25, 0.3) is 0 Å². The number of nitrogens with one attached hydrogen (secondary N) is 2. The van der Waals surface area contributed by atoms with Crippen LogP contribution in [0.5, 0.6) is 11.5 Å². The van der Waals surface area contributed by atoms with Crippen molar-refractivity contribution < 1.29 is 55.7 Å². The molecule has 6 aromatic rings. The number of nitrogens with zero attached hydrogens (tertiary/aromatic N) is 4. The molecule has 360 valence electrons. The van der Waals surface area contributed by atoms with Gasteiger partial charge in [-0.3, -0.25) is 28.8 Å². The summed E-state index contributed by atoms with van der Waals surface area (Å²) in [6.07, 6.45) is 4.37. The van der Waals surface area contributed by atoms with E-state index in [1.54, 1.807) is 36.4 Å². The zero-order valence-electron chi connectivity index (χ0n) is 35.9. The number of benzene rings is 4. The molecule has 4 bridgehead atoms. The maximum atomic E-state index is 13.9. The molecule has 4 aromatic carbocycles. The van der Waals surface area contributed by atoms with Gasteiger partial charge in [0.1, 0.15) is 46.0 Å². The number of aromatic nitrogens is 2. The first kappa shape index (κ1) is 47.5. The van der Waals surface area contributed by atoms with Crippen molar-refractivity contribution in [3.63, 3.8) is 0 Å². The average Bonchev–Trinajstić information content (AvgIpc) is 3.60. The molecule has 6 heterocycles. The molecule has 22 heteroatoms. The van der Waals surface area contributed by atoms with Gasteiger partial charge in [-0.25, -0.2) is 26.3 Å². The lowest BCUT2D eigenvalue weighted by Crippen LogP contribution is -2.44. The van der Waals surface area contributed by atoms with Crippen LogP contribution in [0, 0.1) is 34.9 Å². The second-order valence-corrected chi connectivity index (χ2v) is 17.5. The minimum Gasteiger partial charge on any atom is -0.503 e. The second-order valence-electron chi connectivity index (χ2n) is 16.7.